The number of nitrogens with zero attached hydrogens (tertiary/aromatic N) is 3. The van der Waals surface area contributed by atoms with Crippen LogP contribution in [-0.2, 0) is 0 Å². The summed E-state index contributed by atoms with van der Waals surface area (Å²) >= 11 is 6.13. The second-order valence-electron chi connectivity index (χ2n) is 7.11. The summed E-state index contributed by atoms with van der Waals surface area (Å²) in [5.74, 6) is 0.927. The Balaban J connectivity index is 1.39. The van der Waals surface area contributed by atoms with Crippen molar-refractivity contribution in [2.75, 3.05) is 28.6 Å². The Morgan fingerprint density at radius 2 is 1.72 bits per heavy atom. The van der Waals surface area contributed by atoms with E-state index in [9.17, 15) is 4.79 Å². The van der Waals surface area contributed by atoms with Crippen molar-refractivity contribution in [1.29, 1.82) is 0 Å². The Morgan fingerprint density at radius 3 is 2.41 bits per heavy atom. The molecule has 0 radical (unpaired) electrons. The molecule has 6 nitrogen and oxygen atoms in total. The molecule has 0 unspecified atom stereocenters. The Hall–Kier alpha value is -3.12. The third-order valence-electron chi connectivity index (χ3n) is 4.89. The molecule has 0 saturated carbocycles. The zero-order valence-electron chi connectivity index (χ0n) is 16.2. The van der Waals surface area contributed by atoms with Crippen LogP contribution in [0.2, 0.25) is 5.02 Å². The number of nitrogens with one attached hydrogen (secondary N) is 2. The van der Waals surface area contributed by atoms with Gasteiger partial charge in [0.25, 0.3) is 0 Å². The molecular formula is C22H22ClN5O. The molecule has 2 amide bonds. The standard InChI is InChI=1S/C22H22ClN5O/c1-15-4-9-18(23)20(14-15)25-22(29)24-17-7-5-16(6-8-17)19-10-11-21(27-26-19)28-12-2-3-13-28/h4-11,14H,2-3,12-13H2,1H3,(H2,24,25,29). The highest BCUT2D eigenvalue weighted by molar-refractivity contribution is 6.33. The van der Waals surface area contributed by atoms with Crippen molar-refractivity contribution in [3.8, 4) is 11.3 Å². The lowest BCUT2D eigenvalue weighted by atomic mass is 10.1. The average Bonchev–Trinajstić information content (AvgIpc) is 3.26. The quantitative estimate of drug-likeness (QED) is 0.611. The third kappa shape index (κ3) is 4.66. The lowest BCUT2D eigenvalue weighted by Gasteiger charge is -2.15. The molecular weight excluding hydrogens is 386 g/mol. The van der Waals surface area contributed by atoms with Gasteiger partial charge in [0.1, 0.15) is 0 Å². The van der Waals surface area contributed by atoms with Crippen molar-refractivity contribution in [3.05, 3.63) is 65.2 Å². The maximum absolute atomic E-state index is 12.3. The van der Waals surface area contributed by atoms with Gasteiger partial charge < -0.3 is 15.5 Å². The highest BCUT2D eigenvalue weighted by Crippen LogP contribution is 2.24. The van der Waals surface area contributed by atoms with Gasteiger partial charge in [-0.2, -0.15) is 0 Å². The SMILES string of the molecule is Cc1ccc(Cl)c(NC(=O)Nc2ccc(-c3ccc(N4CCCC4)nn3)cc2)c1. The maximum atomic E-state index is 12.3. The van der Waals surface area contributed by atoms with Crippen molar-refractivity contribution in [1.82, 2.24) is 10.2 Å². The molecule has 0 atom stereocenters. The number of rotatable bonds is 4. The number of hydrogen-bond acceptors (Lipinski definition) is 4. The van der Waals surface area contributed by atoms with Gasteiger partial charge in [-0.3, -0.25) is 0 Å². The maximum Gasteiger partial charge on any atom is 0.323 e. The van der Waals surface area contributed by atoms with Crippen LogP contribution in [0.15, 0.2) is 54.6 Å². The van der Waals surface area contributed by atoms with E-state index in [-0.39, 0.29) is 6.03 Å². The number of urea groups is 1. The summed E-state index contributed by atoms with van der Waals surface area (Å²) in [6, 6.07) is 16.6. The smallest absolute Gasteiger partial charge is 0.323 e. The number of aromatic nitrogens is 2. The second kappa shape index (κ2) is 8.49. The van der Waals surface area contributed by atoms with Crippen LogP contribution in [0.3, 0.4) is 0 Å². The van der Waals surface area contributed by atoms with Crippen molar-refractivity contribution in [3.63, 3.8) is 0 Å². The molecule has 1 saturated heterocycles. The molecule has 4 rings (SSSR count). The minimum absolute atomic E-state index is 0.347. The first-order valence-corrected chi connectivity index (χ1v) is 9.99. The topological polar surface area (TPSA) is 70.2 Å². The van der Waals surface area contributed by atoms with Crippen LogP contribution < -0.4 is 15.5 Å². The van der Waals surface area contributed by atoms with E-state index in [4.69, 9.17) is 11.6 Å². The van der Waals surface area contributed by atoms with E-state index in [2.05, 4.69) is 25.7 Å². The predicted molar refractivity (Wildman–Crippen MR) is 118 cm³/mol. The number of aryl methyl sites for hydroxylation is 1. The predicted octanol–water partition coefficient (Wildman–Crippen LogP) is 5.35. The number of carbonyl (C=O) groups is 1. The lowest BCUT2D eigenvalue weighted by molar-refractivity contribution is 0.262. The summed E-state index contributed by atoms with van der Waals surface area (Å²) in [6.45, 7) is 4.03. The average molecular weight is 408 g/mol. The Morgan fingerprint density at radius 1 is 0.966 bits per heavy atom. The minimum Gasteiger partial charge on any atom is -0.355 e. The molecule has 3 aromatic rings. The molecule has 29 heavy (non-hydrogen) atoms. The molecule has 1 aliphatic heterocycles. The number of halogens is 1. The molecule has 1 aromatic heterocycles. The van der Waals surface area contributed by atoms with Crippen molar-refractivity contribution in [2.45, 2.75) is 19.8 Å². The molecule has 2 N–H and O–H groups in total. The van der Waals surface area contributed by atoms with E-state index in [1.54, 1.807) is 6.07 Å². The number of anilines is 3. The van der Waals surface area contributed by atoms with E-state index in [1.807, 2.05) is 55.5 Å². The van der Waals surface area contributed by atoms with Gasteiger partial charge in [-0.25, -0.2) is 4.79 Å². The zero-order valence-corrected chi connectivity index (χ0v) is 16.9. The highest BCUT2D eigenvalue weighted by atomic mass is 35.5. The monoisotopic (exact) mass is 407 g/mol. The van der Waals surface area contributed by atoms with Gasteiger partial charge in [0.05, 0.1) is 16.4 Å². The van der Waals surface area contributed by atoms with Gasteiger partial charge in [-0.1, -0.05) is 29.8 Å². The van der Waals surface area contributed by atoms with E-state index in [1.165, 1.54) is 12.8 Å². The van der Waals surface area contributed by atoms with Crippen LogP contribution in [0.25, 0.3) is 11.3 Å². The molecule has 0 bridgehead atoms. The summed E-state index contributed by atoms with van der Waals surface area (Å²) in [7, 11) is 0. The van der Waals surface area contributed by atoms with Crippen LogP contribution in [0.4, 0.5) is 22.0 Å². The van der Waals surface area contributed by atoms with Gasteiger partial charge >= 0.3 is 6.03 Å². The molecule has 7 heteroatoms. The van der Waals surface area contributed by atoms with E-state index in [0.29, 0.717) is 16.4 Å². The third-order valence-corrected chi connectivity index (χ3v) is 5.22. The van der Waals surface area contributed by atoms with E-state index >= 15 is 0 Å². The fraction of sp³-hybridized carbons (Fsp3) is 0.227. The van der Waals surface area contributed by atoms with Crippen LogP contribution >= 0.6 is 11.6 Å². The Labute approximate surface area is 174 Å². The van der Waals surface area contributed by atoms with Crippen molar-refractivity contribution < 1.29 is 4.79 Å². The fourth-order valence-electron chi connectivity index (χ4n) is 3.34. The minimum atomic E-state index is -0.347. The van der Waals surface area contributed by atoms with E-state index in [0.717, 1.165) is 35.7 Å². The van der Waals surface area contributed by atoms with Crippen LogP contribution in [0.5, 0.6) is 0 Å². The number of benzene rings is 2. The molecule has 1 fully saturated rings. The molecule has 1 aliphatic rings. The summed E-state index contributed by atoms with van der Waals surface area (Å²) < 4.78 is 0. The number of hydrogen-bond donors (Lipinski definition) is 2. The first-order chi connectivity index (χ1) is 14.1. The Bertz CT molecular complexity index is 999. The summed E-state index contributed by atoms with van der Waals surface area (Å²) in [5.41, 5.74) is 4.02. The van der Waals surface area contributed by atoms with Crippen molar-refractivity contribution >= 4 is 34.8 Å². The van der Waals surface area contributed by atoms with Crippen LogP contribution in [-0.4, -0.2) is 29.3 Å². The van der Waals surface area contributed by atoms with Crippen LogP contribution in [0, 0.1) is 6.92 Å². The first kappa shape index (κ1) is 19.2. The van der Waals surface area contributed by atoms with E-state index < -0.39 is 0 Å². The molecule has 2 aromatic carbocycles. The molecule has 0 spiro atoms. The molecule has 148 valence electrons. The highest BCUT2D eigenvalue weighted by Gasteiger charge is 2.14. The van der Waals surface area contributed by atoms with Gasteiger partial charge in [0.2, 0.25) is 0 Å². The van der Waals surface area contributed by atoms with Gasteiger partial charge in [0.15, 0.2) is 5.82 Å². The number of carbonyl (C=O) groups excluding carboxylic acids is 1. The van der Waals surface area contributed by atoms with Gasteiger partial charge in [-0.15, -0.1) is 10.2 Å². The molecule has 0 aliphatic carbocycles. The van der Waals surface area contributed by atoms with Gasteiger partial charge in [0, 0.05) is 24.3 Å². The first-order valence-electron chi connectivity index (χ1n) is 9.62. The number of amides is 2. The second-order valence-corrected chi connectivity index (χ2v) is 7.52. The van der Waals surface area contributed by atoms with Crippen LogP contribution in [0.1, 0.15) is 18.4 Å². The van der Waals surface area contributed by atoms with Crippen molar-refractivity contribution in [2.24, 2.45) is 0 Å². The summed E-state index contributed by atoms with van der Waals surface area (Å²) in [6.07, 6.45) is 2.42. The molecule has 2 heterocycles. The lowest BCUT2D eigenvalue weighted by Crippen LogP contribution is -2.19. The largest absolute Gasteiger partial charge is 0.355 e. The van der Waals surface area contributed by atoms with Gasteiger partial charge in [-0.05, 0) is 61.7 Å². The normalized spacial score (nSPS) is 13.4. The fourth-order valence-corrected chi connectivity index (χ4v) is 3.50. The Kier molecular flexibility index (Phi) is 5.62. The zero-order chi connectivity index (χ0) is 20.2. The summed E-state index contributed by atoms with van der Waals surface area (Å²) in [5, 5.41) is 14.8. The summed E-state index contributed by atoms with van der Waals surface area (Å²) in [4.78, 5) is 14.5.